The van der Waals surface area contributed by atoms with E-state index >= 15 is 0 Å². The molecule has 1 aliphatic heterocycles. The van der Waals surface area contributed by atoms with E-state index in [1.807, 2.05) is 0 Å². The van der Waals surface area contributed by atoms with Crippen LogP contribution in [0.5, 0.6) is 0 Å². The fraction of sp³-hybridized carbons (Fsp3) is 0.571. The molecule has 1 aromatic rings. The summed E-state index contributed by atoms with van der Waals surface area (Å²) in [5, 5.41) is 0. The molecule has 0 saturated carbocycles. The minimum absolute atomic E-state index is 0.365. The maximum atomic E-state index is 13.8. The number of anilines is 1. The van der Waals surface area contributed by atoms with Crippen molar-refractivity contribution in [2.75, 3.05) is 18.8 Å². The van der Waals surface area contributed by atoms with Crippen molar-refractivity contribution in [3.05, 3.63) is 23.8 Å². The number of nitrogens with two attached hydrogens (primary N) is 1. The molecule has 0 unspecified atom stereocenters. The Balaban J connectivity index is 2.22. The topological polar surface area (TPSA) is 63.4 Å². The molecule has 1 aliphatic rings. The Morgan fingerprint density at radius 1 is 1.24 bits per heavy atom. The van der Waals surface area contributed by atoms with E-state index in [0.29, 0.717) is 25.1 Å². The van der Waals surface area contributed by atoms with E-state index in [1.165, 1.54) is 4.31 Å². The second-order valence-electron chi connectivity index (χ2n) is 5.44. The SMILES string of the molecule is CCCC1CCN(S(=O)(=O)c2cc(N)c(F)cc2F)CC1. The predicted octanol–water partition coefficient (Wildman–Crippen LogP) is 2.75. The lowest BCUT2D eigenvalue weighted by molar-refractivity contribution is 0.262. The first-order chi connectivity index (χ1) is 9.86. The zero-order valence-corrected chi connectivity index (χ0v) is 12.8. The number of nitrogens with zero attached hydrogens (tertiary/aromatic N) is 1. The second-order valence-corrected chi connectivity index (χ2v) is 7.35. The number of benzene rings is 1. The molecule has 118 valence electrons. The van der Waals surface area contributed by atoms with Gasteiger partial charge in [-0.2, -0.15) is 4.31 Å². The Kier molecular flexibility index (Phi) is 4.83. The van der Waals surface area contributed by atoms with E-state index in [-0.39, 0.29) is 5.69 Å². The summed E-state index contributed by atoms with van der Waals surface area (Å²) in [6.45, 7) is 2.83. The quantitative estimate of drug-likeness (QED) is 0.868. The van der Waals surface area contributed by atoms with Crippen molar-refractivity contribution >= 4 is 15.7 Å². The van der Waals surface area contributed by atoms with E-state index in [0.717, 1.165) is 31.7 Å². The van der Waals surface area contributed by atoms with Gasteiger partial charge in [0.2, 0.25) is 10.0 Å². The lowest BCUT2D eigenvalue weighted by atomic mass is 9.94. The highest BCUT2D eigenvalue weighted by molar-refractivity contribution is 7.89. The van der Waals surface area contributed by atoms with Crippen LogP contribution in [0.15, 0.2) is 17.0 Å². The average molecular weight is 318 g/mol. The maximum absolute atomic E-state index is 13.8. The molecular weight excluding hydrogens is 298 g/mol. The molecule has 0 aromatic heterocycles. The summed E-state index contributed by atoms with van der Waals surface area (Å²) in [6, 6.07) is 1.38. The van der Waals surface area contributed by atoms with Gasteiger partial charge in [0.1, 0.15) is 16.5 Å². The number of piperidine rings is 1. The van der Waals surface area contributed by atoms with Gasteiger partial charge in [0.05, 0.1) is 5.69 Å². The van der Waals surface area contributed by atoms with E-state index in [4.69, 9.17) is 5.73 Å². The van der Waals surface area contributed by atoms with Gasteiger partial charge in [-0.25, -0.2) is 17.2 Å². The molecule has 21 heavy (non-hydrogen) atoms. The highest BCUT2D eigenvalue weighted by atomic mass is 32.2. The Morgan fingerprint density at radius 2 is 1.86 bits per heavy atom. The van der Waals surface area contributed by atoms with E-state index in [1.54, 1.807) is 0 Å². The van der Waals surface area contributed by atoms with Gasteiger partial charge in [0.25, 0.3) is 0 Å². The third kappa shape index (κ3) is 3.35. The summed E-state index contributed by atoms with van der Waals surface area (Å²) in [4.78, 5) is -0.546. The van der Waals surface area contributed by atoms with Crippen LogP contribution in [0.4, 0.5) is 14.5 Å². The molecule has 2 N–H and O–H groups in total. The van der Waals surface area contributed by atoms with Crippen molar-refractivity contribution in [2.24, 2.45) is 5.92 Å². The fourth-order valence-electron chi connectivity index (χ4n) is 2.73. The van der Waals surface area contributed by atoms with Crippen LogP contribution in [-0.2, 0) is 10.0 Å². The van der Waals surface area contributed by atoms with E-state index < -0.39 is 26.6 Å². The minimum Gasteiger partial charge on any atom is -0.396 e. The zero-order chi connectivity index (χ0) is 15.6. The van der Waals surface area contributed by atoms with Gasteiger partial charge in [0.15, 0.2) is 0 Å². The van der Waals surface area contributed by atoms with Crippen LogP contribution < -0.4 is 5.73 Å². The number of rotatable bonds is 4. The van der Waals surface area contributed by atoms with Gasteiger partial charge in [0, 0.05) is 19.2 Å². The van der Waals surface area contributed by atoms with Crippen LogP contribution in [-0.4, -0.2) is 25.8 Å². The fourth-order valence-corrected chi connectivity index (χ4v) is 4.28. The van der Waals surface area contributed by atoms with Crippen LogP contribution in [0, 0.1) is 17.6 Å². The molecule has 0 spiro atoms. The molecule has 1 heterocycles. The monoisotopic (exact) mass is 318 g/mol. The Hall–Kier alpha value is -1.21. The summed E-state index contributed by atoms with van der Waals surface area (Å²) >= 11 is 0. The molecule has 1 saturated heterocycles. The van der Waals surface area contributed by atoms with Gasteiger partial charge in [-0.05, 0) is 24.8 Å². The van der Waals surface area contributed by atoms with Crippen molar-refractivity contribution in [3.8, 4) is 0 Å². The number of hydrogen-bond donors (Lipinski definition) is 1. The number of nitrogen functional groups attached to an aromatic ring is 1. The molecular formula is C14H20F2N2O2S. The molecule has 0 bridgehead atoms. The largest absolute Gasteiger partial charge is 0.396 e. The normalized spacial score (nSPS) is 18.0. The summed E-state index contributed by atoms with van der Waals surface area (Å²) < 4.78 is 53.1. The molecule has 0 aliphatic carbocycles. The first kappa shape index (κ1) is 16.2. The molecule has 0 radical (unpaired) electrons. The van der Waals surface area contributed by atoms with Gasteiger partial charge >= 0.3 is 0 Å². The zero-order valence-electron chi connectivity index (χ0n) is 12.0. The van der Waals surface area contributed by atoms with Crippen molar-refractivity contribution in [1.82, 2.24) is 4.31 Å². The van der Waals surface area contributed by atoms with Crippen molar-refractivity contribution in [2.45, 2.75) is 37.5 Å². The number of halogens is 2. The van der Waals surface area contributed by atoms with Crippen LogP contribution in [0.1, 0.15) is 32.6 Å². The highest BCUT2D eigenvalue weighted by Gasteiger charge is 2.31. The van der Waals surface area contributed by atoms with Gasteiger partial charge in [-0.3, -0.25) is 0 Å². The second kappa shape index (κ2) is 6.27. The summed E-state index contributed by atoms with van der Waals surface area (Å²) in [7, 11) is -3.96. The smallest absolute Gasteiger partial charge is 0.246 e. The van der Waals surface area contributed by atoms with Crippen molar-refractivity contribution in [3.63, 3.8) is 0 Å². The van der Waals surface area contributed by atoms with Crippen molar-refractivity contribution in [1.29, 1.82) is 0 Å². The van der Waals surface area contributed by atoms with Gasteiger partial charge in [-0.1, -0.05) is 19.8 Å². The van der Waals surface area contributed by atoms with E-state index in [9.17, 15) is 17.2 Å². The molecule has 1 aromatic carbocycles. The standard InChI is InChI=1S/C14H20F2N2O2S/c1-2-3-10-4-6-18(7-5-10)21(19,20)14-9-13(17)11(15)8-12(14)16/h8-10H,2-7,17H2,1H3. The summed E-state index contributed by atoms with van der Waals surface area (Å²) in [6.07, 6.45) is 3.68. The maximum Gasteiger partial charge on any atom is 0.246 e. The average Bonchev–Trinajstić information content (AvgIpc) is 2.43. The summed E-state index contributed by atoms with van der Waals surface area (Å²) in [5.41, 5.74) is 4.99. The van der Waals surface area contributed by atoms with Gasteiger partial charge in [-0.15, -0.1) is 0 Å². The molecule has 2 rings (SSSR count). The Labute approximate surface area is 124 Å². The highest BCUT2D eigenvalue weighted by Crippen LogP contribution is 2.29. The lowest BCUT2D eigenvalue weighted by Crippen LogP contribution is -2.38. The predicted molar refractivity (Wildman–Crippen MR) is 77.2 cm³/mol. The minimum atomic E-state index is -3.96. The van der Waals surface area contributed by atoms with Gasteiger partial charge < -0.3 is 5.73 Å². The third-order valence-electron chi connectivity index (χ3n) is 3.94. The Bertz CT molecular complexity index is 612. The van der Waals surface area contributed by atoms with Crippen LogP contribution in [0.2, 0.25) is 0 Å². The van der Waals surface area contributed by atoms with E-state index in [2.05, 4.69) is 6.92 Å². The number of sulfonamides is 1. The molecule has 0 amide bonds. The summed E-state index contributed by atoms with van der Waals surface area (Å²) in [5.74, 6) is -1.53. The first-order valence-electron chi connectivity index (χ1n) is 7.11. The van der Waals surface area contributed by atoms with Crippen LogP contribution >= 0.6 is 0 Å². The lowest BCUT2D eigenvalue weighted by Gasteiger charge is -2.31. The van der Waals surface area contributed by atoms with Crippen LogP contribution in [0.3, 0.4) is 0 Å². The third-order valence-corrected chi connectivity index (χ3v) is 5.85. The Morgan fingerprint density at radius 3 is 2.43 bits per heavy atom. The molecule has 7 heteroatoms. The van der Waals surface area contributed by atoms with Crippen LogP contribution in [0.25, 0.3) is 0 Å². The van der Waals surface area contributed by atoms with Crippen molar-refractivity contribution < 1.29 is 17.2 Å². The first-order valence-corrected chi connectivity index (χ1v) is 8.55. The molecule has 0 atom stereocenters. The molecule has 4 nitrogen and oxygen atoms in total. The molecule has 1 fully saturated rings. The number of hydrogen-bond acceptors (Lipinski definition) is 3.